The zero-order valence-electron chi connectivity index (χ0n) is 34.0. The first-order valence-electron chi connectivity index (χ1n) is 20.7. The molecule has 0 radical (unpaired) electrons. The van der Waals surface area contributed by atoms with Gasteiger partial charge in [-0.3, -0.25) is 14.2 Å². The van der Waals surface area contributed by atoms with Gasteiger partial charge in [0.2, 0.25) is 0 Å². The van der Waals surface area contributed by atoms with E-state index in [4.69, 9.17) is 18.5 Å². The number of unbranched alkanes of at least 4 members (excludes halogenated alkanes) is 17. The summed E-state index contributed by atoms with van der Waals surface area (Å²) in [6.07, 6.45) is 37.5. The minimum atomic E-state index is -4.63. The van der Waals surface area contributed by atoms with Crippen molar-refractivity contribution in [2.75, 3.05) is 47.5 Å². The van der Waals surface area contributed by atoms with Crippen LogP contribution in [0.3, 0.4) is 0 Å². The van der Waals surface area contributed by atoms with Crippen molar-refractivity contribution in [3.05, 3.63) is 36.5 Å². The van der Waals surface area contributed by atoms with Crippen LogP contribution in [0.15, 0.2) is 36.5 Å². The molecule has 0 saturated carbocycles. The van der Waals surface area contributed by atoms with Crippen LogP contribution in [0.2, 0.25) is 0 Å². The first kappa shape index (κ1) is 50.2. The average Bonchev–Trinajstić information content (AvgIpc) is 3.09. The number of carbonyl (C=O) groups is 2. The lowest BCUT2D eigenvalue weighted by Crippen LogP contribution is -2.37. The van der Waals surface area contributed by atoms with Gasteiger partial charge in [-0.1, -0.05) is 147 Å². The summed E-state index contributed by atoms with van der Waals surface area (Å²) < 4.78 is 33.7. The van der Waals surface area contributed by atoms with Crippen molar-refractivity contribution in [1.82, 2.24) is 0 Å². The molecule has 0 saturated heterocycles. The Bertz CT molecular complexity index is 991. The Morgan fingerprint density at radius 2 is 1.06 bits per heavy atom. The van der Waals surface area contributed by atoms with Crippen LogP contribution in [0.25, 0.3) is 0 Å². The lowest BCUT2D eigenvalue weighted by Gasteiger charge is -2.28. The Balaban J connectivity index is 4.46. The van der Waals surface area contributed by atoms with E-state index in [9.17, 15) is 19.0 Å². The van der Waals surface area contributed by atoms with Crippen molar-refractivity contribution >= 4 is 19.8 Å². The number of hydrogen-bond donors (Lipinski definition) is 0. The molecule has 9 nitrogen and oxygen atoms in total. The normalized spacial score (nSPS) is 14.0. The fourth-order valence-electron chi connectivity index (χ4n) is 5.38. The van der Waals surface area contributed by atoms with Gasteiger partial charge >= 0.3 is 11.9 Å². The van der Waals surface area contributed by atoms with Crippen molar-refractivity contribution in [2.24, 2.45) is 0 Å². The van der Waals surface area contributed by atoms with Gasteiger partial charge in [0.05, 0.1) is 27.7 Å². The van der Waals surface area contributed by atoms with Gasteiger partial charge in [0.25, 0.3) is 7.82 Å². The third-order valence-corrected chi connectivity index (χ3v) is 9.63. The van der Waals surface area contributed by atoms with E-state index in [1.54, 1.807) is 0 Å². The molecule has 0 aromatic heterocycles. The topological polar surface area (TPSA) is 111 Å². The number of phosphoric ester groups is 1. The van der Waals surface area contributed by atoms with E-state index < -0.39 is 32.5 Å². The minimum Gasteiger partial charge on any atom is -0.756 e. The SMILES string of the molecule is CCCCCCCC/C=C/C/C=C/C/C=C/CCCC(=O)OC[C@@H](COP(=O)([O-])OCC[N+](C)(C)C)OC(=O)CCCCCCCCCCCCC. The smallest absolute Gasteiger partial charge is 0.306 e. The second-order valence-electron chi connectivity index (χ2n) is 15.0. The van der Waals surface area contributed by atoms with Gasteiger partial charge in [0, 0.05) is 12.8 Å². The van der Waals surface area contributed by atoms with Crippen molar-refractivity contribution in [1.29, 1.82) is 0 Å². The van der Waals surface area contributed by atoms with Crippen LogP contribution < -0.4 is 4.89 Å². The minimum absolute atomic E-state index is 0.0377. The lowest BCUT2D eigenvalue weighted by atomic mass is 10.1. The number of phosphoric acid groups is 1. The molecule has 0 amide bonds. The predicted molar refractivity (Wildman–Crippen MR) is 213 cm³/mol. The molecule has 0 N–H and O–H groups in total. The molecule has 0 heterocycles. The summed E-state index contributed by atoms with van der Waals surface area (Å²) in [6, 6.07) is 0. The molecule has 10 heteroatoms. The van der Waals surface area contributed by atoms with E-state index in [0.717, 1.165) is 44.9 Å². The molecule has 0 aromatic rings. The summed E-state index contributed by atoms with van der Waals surface area (Å²) in [5.74, 6) is -0.896. The monoisotopic (exact) mass is 756 g/mol. The first-order chi connectivity index (χ1) is 25.0. The summed E-state index contributed by atoms with van der Waals surface area (Å²) in [7, 11) is 1.14. The number of nitrogens with zero attached hydrogens (tertiary/aromatic N) is 1. The highest BCUT2D eigenvalue weighted by molar-refractivity contribution is 7.45. The number of quaternary nitrogens is 1. The van der Waals surface area contributed by atoms with Crippen LogP contribution in [0.4, 0.5) is 0 Å². The van der Waals surface area contributed by atoms with Crippen LogP contribution in [-0.2, 0) is 32.7 Å². The first-order valence-corrected chi connectivity index (χ1v) is 22.2. The van der Waals surface area contributed by atoms with E-state index >= 15 is 0 Å². The predicted octanol–water partition coefficient (Wildman–Crippen LogP) is 10.7. The van der Waals surface area contributed by atoms with Crippen molar-refractivity contribution < 1.29 is 42.1 Å². The maximum absolute atomic E-state index is 12.6. The molecule has 0 aliphatic carbocycles. The van der Waals surface area contributed by atoms with Crippen LogP contribution in [-0.4, -0.2) is 70.0 Å². The van der Waals surface area contributed by atoms with Crippen LogP contribution in [0, 0.1) is 0 Å². The number of allylic oxidation sites excluding steroid dienone is 6. The average molecular weight is 756 g/mol. The van der Waals surface area contributed by atoms with Crippen molar-refractivity contribution in [2.45, 2.75) is 174 Å². The largest absolute Gasteiger partial charge is 0.756 e. The molecule has 1 unspecified atom stereocenters. The molecule has 0 aromatic carbocycles. The molecule has 52 heavy (non-hydrogen) atoms. The third-order valence-electron chi connectivity index (χ3n) is 8.66. The summed E-state index contributed by atoms with van der Waals surface area (Å²) in [5, 5.41) is 0. The van der Waals surface area contributed by atoms with Gasteiger partial charge in [-0.2, -0.15) is 0 Å². The van der Waals surface area contributed by atoms with Gasteiger partial charge in [0.1, 0.15) is 19.8 Å². The standard InChI is InChI=1S/C42H78NO8P/c1-6-8-10-12-14-16-18-19-20-21-22-23-25-26-28-30-32-34-41(44)48-38-40(39-50-52(46,47)49-37-36-43(3,4)5)51-42(45)35-33-31-29-27-24-17-15-13-11-9-7-2/h19-20,22-23,26,28,40H,6-18,21,24-25,27,29-39H2,1-5H3/b20-19+,23-22+,28-26+/t40-/m0/s1. The Hall–Kier alpha value is -1.77. The number of rotatable bonds is 37. The number of hydrogen-bond acceptors (Lipinski definition) is 8. The number of likely N-dealkylation sites (N-methyl/N-ethyl adjacent to an activating group) is 1. The van der Waals surface area contributed by atoms with Crippen LogP contribution in [0.5, 0.6) is 0 Å². The summed E-state index contributed by atoms with van der Waals surface area (Å²) in [5.41, 5.74) is 0. The second kappa shape index (κ2) is 35.0. The van der Waals surface area contributed by atoms with Crippen LogP contribution >= 0.6 is 7.82 Å². The number of ether oxygens (including phenoxy) is 2. The molecule has 2 atom stereocenters. The molecular weight excluding hydrogens is 677 g/mol. The third kappa shape index (κ3) is 38.0. The Morgan fingerprint density at radius 1 is 0.596 bits per heavy atom. The number of esters is 2. The van der Waals surface area contributed by atoms with Gasteiger partial charge in [-0.25, -0.2) is 0 Å². The molecule has 0 aliphatic heterocycles. The van der Waals surface area contributed by atoms with E-state index in [2.05, 4.69) is 50.3 Å². The van der Waals surface area contributed by atoms with E-state index in [0.29, 0.717) is 23.9 Å². The van der Waals surface area contributed by atoms with Crippen molar-refractivity contribution in [3.8, 4) is 0 Å². The molecule has 304 valence electrons. The molecule has 0 bridgehead atoms. The maximum Gasteiger partial charge on any atom is 0.306 e. The Kier molecular flexibility index (Phi) is 33.8. The Labute approximate surface area is 319 Å². The summed E-state index contributed by atoms with van der Waals surface area (Å²) in [4.78, 5) is 37.4. The van der Waals surface area contributed by atoms with E-state index in [1.165, 1.54) is 83.5 Å². The molecule has 0 rings (SSSR count). The van der Waals surface area contributed by atoms with Crippen molar-refractivity contribution in [3.63, 3.8) is 0 Å². The fourth-order valence-corrected chi connectivity index (χ4v) is 6.10. The Morgan fingerprint density at radius 3 is 1.60 bits per heavy atom. The van der Waals surface area contributed by atoms with Gasteiger partial charge in [-0.05, 0) is 44.9 Å². The summed E-state index contributed by atoms with van der Waals surface area (Å²) in [6.45, 7) is 4.14. The zero-order valence-corrected chi connectivity index (χ0v) is 34.9. The number of carbonyl (C=O) groups excluding carboxylic acids is 2. The van der Waals surface area contributed by atoms with Gasteiger partial charge in [-0.15, -0.1) is 0 Å². The molecule has 0 aliphatic rings. The highest BCUT2D eigenvalue weighted by atomic mass is 31.2. The second-order valence-corrected chi connectivity index (χ2v) is 16.4. The maximum atomic E-state index is 12.6. The van der Waals surface area contributed by atoms with Gasteiger partial charge in [0.15, 0.2) is 6.10 Å². The lowest BCUT2D eigenvalue weighted by molar-refractivity contribution is -0.870. The highest BCUT2D eigenvalue weighted by Crippen LogP contribution is 2.38. The quantitative estimate of drug-likeness (QED) is 0.0203. The molecular formula is C42H78NO8P. The van der Waals surface area contributed by atoms with Gasteiger partial charge < -0.3 is 27.9 Å². The van der Waals surface area contributed by atoms with Crippen LogP contribution in [0.1, 0.15) is 168 Å². The highest BCUT2D eigenvalue weighted by Gasteiger charge is 2.21. The van der Waals surface area contributed by atoms with E-state index in [1.807, 2.05) is 21.1 Å². The zero-order chi connectivity index (χ0) is 38.6. The molecule has 0 spiro atoms. The summed E-state index contributed by atoms with van der Waals surface area (Å²) >= 11 is 0. The molecule has 0 fully saturated rings. The van der Waals surface area contributed by atoms with E-state index in [-0.39, 0.29) is 26.1 Å². The fraction of sp³-hybridized carbons (Fsp3) is 0.810.